The number of carbonyl (C=O) groups is 1. The fourth-order valence-electron chi connectivity index (χ4n) is 1.66. The summed E-state index contributed by atoms with van der Waals surface area (Å²) >= 11 is 13.0. The van der Waals surface area contributed by atoms with Crippen LogP contribution in [0.2, 0.25) is 10.2 Å². The Morgan fingerprint density at radius 1 is 1.10 bits per heavy atom. The molecule has 2 aromatic heterocycles. The molecule has 7 heteroatoms. The van der Waals surface area contributed by atoms with Crippen molar-refractivity contribution in [3.8, 4) is 0 Å². The smallest absolute Gasteiger partial charge is 0.258 e. The molecule has 1 N–H and O–H groups in total. The van der Waals surface area contributed by atoms with Crippen molar-refractivity contribution >= 4 is 55.9 Å². The van der Waals surface area contributed by atoms with Crippen LogP contribution in [0.4, 0.5) is 5.13 Å². The van der Waals surface area contributed by atoms with Crippen molar-refractivity contribution in [2.45, 2.75) is 0 Å². The highest BCUT2D eigenvalue weighted by atomic mass is 35.5. The van der Waals surface area contributed by atoms with Crippen LogP contribution in [0.5, 0.6) is 0 Å². The molecule has 20 heavy (non-hydrogen) atoms. The number of benzene rings is 1. The molecule has 1 aromatic carbocycles. The number of nitrogens with zero attached hydrogens (tertiary/aromatic N) is 2. The van der Waals surface area contributed by atoms with Gasteiger partial charge in [0.15, 0.2) is 5.13 Å². The molecule has 1 amide bonds. The number of amides is 1. The molecule has 0 spiro atoms. The fourth-order valence-corrected chi connectivity index (χ4v) is 2.91. The normalized spacial score (nSPS) is 10.7. The summed E-state index contributed by atoms with van der Waals surface area (Å²) in [6.45, 7) is 0. The predicted octanol–water partition coefficient (Wildman–Crippen LogP) is 4.25. The monoisotopic (exact) mass is 323 g/mol. The molecular formula is C13H7Cl2N3OS. The number of rotatable bonds is 2. The van der Waals surface area contributed by atoms with Gasteiger partial charge in [-0.25, -0.2) is 9.97 Å². The van der Waals surface area contributed by atoms with Gasteiger partial charge in [0.1, 0.15) is 15.5 Å². The van der Waals surface area contributed by atoms with E-state index in [1.165, 1.54) is 11.3 Å². The molecular weight excluding hydrogens is 317 g/mol. The second kappa shape index (κ2) is 5.36. The molecule has 0 atom stereocenters. The van der Waals surface area contributed by atoms with Gasteiger partial charge in [0.25, 0.3) is 5.91 Å². The van der Waals surface area contributed by atoms with E-state index in [9.17, 15) is 4.79 Å². The summed E-state index contributed by atoms with van der Waals surface area (Å²) in [4.78, 5) is 21.2. The number of thiazole rings is 1. The Balaban J connectivity index is 1.89. The molecule has 0 aliphatic rings. The second-order valence-corrected chi connectivity index (χ2v) is 5.68. The van der Waals surface area contributed by atoms with Gasteiger partial charge in [-0.2, -0.15) is 0 Å². The number of fused-ring (bicyclic) bond motifs is 1. The van der Waals surface area contributed by atoms with Gasteiger partial charge in [0.2, 0.25) is 0 Å². The Bertz CT molecular complexity index is 803. The molecule has 100 valence electrons. The largest absolute Gasteiger partial charge is 0.298 e. The van der Waals surface area contributed by atoms with Crippen LogP contribution in [0.1, 0.15) is 10.4 Å². The average Bonchev–Trinajstić information content (AvgIpc) is 2.80. The van der Waals surface area contributed by atoms with Crippen molar-refractivity contribution in [3.63, 3.8) is 0 Å². The molecule has 0 unspecified atom stereocenters. The lowest BCUT2D eigenvalue weighted by Gasteiger charge is -2.02. The van der Waals surface area contributed by atoms with Gasteiger partial charge in [-0.1, -0.05) is 46.7 Å². The maximum atomic E-state index is 12.1. The van der Waals surface area contributed by atoms with E-state index in [2.05, 4.69) is 15.3 Å². The van der Waals surface area contributed by atoms with Crippen molar-refractivity contribution < 1.29 is 4.79 Å². The lowest BCUT2D eigenvalue weighted by Crippen LogP contribution is -2.11. The number of halogens is 2. The van der Waals surface area contributed by atoms with Gasteiger partial charge in [-0.15, -0.1) is 0 Å². The van der Waals surface area contributed by atoms with Crippen LogP contribution >= 0.6 is 34.5 Å². The molecule has 0 bridgehead atoms. The van der Waals surface area contributed by atoms with E-state index >= 15 is 0 Å². The summed E-state index contributed by atoms with van der Waals surface area (Å²) in [6, 6.07) is 10.2. The minimum atomic E-state index is -0.305. The highest BCUT2D eigenvalue weighted by Crippen LogP contribution is 2.26. The van der Waals surface area contributed by atoms with Crippen molar-refractivity contribution in [2.24, 2.45) is 0 Å². The number of nitrogens with one attached hydrogen (secondary N) is 1. The zero-order chi connectivity index (χ0) is 14.1. The highest BCUT2D eigenvalue weighted by Gasteiger charge is 2.13. The minimum absolute atomic E-state index is 0.305. The summed E-state index contributed by atoms with van der Waals surface area (Å²) < 4.78 is 0. The molecule has 2 heterocycles. The van der Waals surface area contributed by atoms with E-state index in [1.807, 2.05) is 0 Å². The van der Waals surface area contributed by atoms with E-state index in [0.29, 0.717) is 31.2 Å². The Morgan fingerprint density at radius 3 is 2.70 bits per heavy atom. The second-order valence-electron chi connectivity index (χ2n) is 3.91. The number of carbonyl (C=O) groups excluding carboxylic acids is 1. The van der Waals surface area contributed by atoms with Gasteiger partial charge >= 0.3 is 0 Å². The molecule has 0 aliphatic carbocycles. The highest BCUT2D eigenvalue weighted by molar-refractivity contribution is 7.22. The Labute approximate surface area is 128 Å². The number of hydrogen-bond donors (Lipinski definition) is 1. The summed E-state index contributed by atoms with van der Waals surface area (Å²) in [5.74, 6) is -0.305. The summed E-state index contributed by atoms with van der Waals surface area (Å²) in [5, 5.41) is 3.96. The maximum absolute atomic E-state index is 12.1. The summed E-state index contributed by atoms with van der Waals surface area (Å²) in [7, 11) is 0. The molecule has 0 saturated heterocycles. The molecule has 0 fully saturated rings. The topological polar surface area (TPSA) is 54.9 Å². The Hall–Kier alpha value is -1.69. The van der Waals surface area contributed by atoms with Gasteiger partial charge in [0.05, 0.1) is 10.6 Å². The molecule has 0 radical (unpaired) electrons. The van der Waals surface area contributed by atoms with Crippen LogP contribution < -0.4 is 5.32 Å². The van der Waals surface area contributed by atoms with Crippen LogP contribution in [0.25, 0.3) is 10.3 Å². The molecule has 4 nitrogen and oxygen atoms in total. The van der Waals surface area contributed by atoms with Crippen LogP contribution in [-0.4, -0.2) is 15.9 Å². The third-order valence-corrected chi connectivity index (χ3v) is 3.98. The van der Waals surface area contributed by atoms with Crippen molar-refractivity contribution in [1.29, 1.82) is 0 Å². The SMILES string of the molecule is O=C(Nc1nc2ccc(Cl)nc2s1)c1ccccc1Cl. The maximum Gasteiger partial charge on any atom is 0.258 e. The number of aromatic nitrogens is 2. The summed E-state index contributed by atoms with van der Waals surface area (Å²) in [6.07, 6.45) is 0. The lowest BCUT2D eigenvalue weighted by molar-refractivity contribution is 0.102. The van der Waals surface area contributed by atoms with Gasteiger partial charge in [-0.05, 0) is 24.3 Å². The molecule has 0 saturated carbocycles. The van der Waals surface area contributed by atoms with Gasteiger partial charge in [-0.3, -0.25) is 10.1 Å². The number of pyridine rings is 1. The van der Waals surface area contributed by atoms with Crippen LogP contribution in [-0.2, 0) is 0 Å². The zero-order valence-electron chi connectivity index (χ0n) is 9.93. The van der Waals surface area contributed by atoms with Crippen molar-refractivity contribution in [2.75, 3.05) is 5.32 Å². The van der Waals surface area contributed by atoms with Crippen molar-refractivity contribution in [1.82, 2.24) is 9.97 Å². The zero-order valence-corrected chi connectivity index (χ0v) is 12.3. The van der Waals surface area contributed by atoms with E-state index in [4.69, 9.17) is 23.2 Å². The summed E-state index contributed by atoms with van der Waals surface area (Å²) in [5.41, 5.74) is 1.09. The van der Waals surface area contributed by atoms with Crippen LogP contribution in [0.3, 0.4) is 0 Å². The molecule has 0 aliphatic heterocycles. The van der Waals surface area contributed by atoms with E-state index < -0.39 is 0 Å². The fraction of sp³-hybridized carbons (Fsp3) is 0. The Kier molecular flexibility index (Phi) is 3.56. The van der Waals surface area contributed by atoms with Gasteiger partial charge in [0, 0.05) is 0 Å². The average molecular weight is 324 g/mol. The minimum Gasteiger partial charge on any atom is -0.298 e. The number of hydrogen-bond acceptors (Lipinski definition) is 4. The first-order chi connectivity index (χ1) is 9.63. The predicted molar refractivity (Wildman–Crippen MR) is 81.8 cm³/mol. The standard InChI is InChI=1S/C13H7Cl2N3OS/c14-8-4-2-1-3-7(8)11(19)18-13-16-9-5-6-10(15)17-12(9)20-13/h1-6H,(H,16,18,19). The Morgan fingerprint density at radius 2 is 1.90 bits per heavy atom. The van der Waals surface area contributed by atoms with Gasteiger partial charge < -0.3 is 0 Å². The first kappa shape index (κ1) is 13.3. The first-order valence-electron chi connectivity index (χ1n) is 5.62. The van der Waals surface area contributed by atoms with Crippen LogP contribution in [0.15, 0.2) is 36.4 Å². The molecule has 3 aromatic rings. The lowest BCUT2D eigenvalue weighted by atomic mass is 10.2. The quantitative estimate of drug-likeness (QED) is 0.717. The van der Waals surface area contributed by atoms with E-state index in [0.717, 1.165) is 0 Å². The van der Waals surface area contributed by atoms with E-state index in [-0.39, 0.29) is 5.91 Å². The van der Waals surface area contributed by atoms with Crippen molar-refractivity contribution in [3.05, 3.63) is 52.1 Å². The first-order valence-corrected chi connectivity index (χ1v) is 7.20. The van der Waals surface area contributed by atoms with Crippen LogP contribution in [0, 0.1) is 0 Å². The number of anilines is 1. The third kappa shape index (κ3) is 2.60. The molecule has 3 rings (SSSR count). The van der Waals surface area contributed by atoms with E-state index in [1.54, 1.807) is 36.4 Å². The third-order valence-electron chi connectivity index (χ3n) is 2.56.